The van der Waals surface area contributed by atoms with Gasteiger partial charge in [-0.05, 0) is 37.6 Å². The molecule has 0 saturated heterocycles. The number of nitrogens with one attached hydrogen (secondary N) is 1. The van der Waals surface area contributed by atoms with Crippen molar-refractivity contribution in [1.29, 1.82) is 0 Å². The van der Waals surface area contributed by atoms with E-state index in [1.54, 1.807) is 6.92 Å². The maximum Gasteiger partial charge on any atom is 0.323 e. The summed E-state index contributed by atoms with van der Waals surface area (Å²) in [5.74, 6) is 1.22. The zero-order valence-electron chi connectivity index (χ0n) is 11.7. The van der Waals surface area contributed by atoms with Crippen LogP contribution in [0.1, 0.15) is 32.3 Å². The van der Waals surface area contributed by atoms with Crippen LogP contribution in [0.2, 0.25) is 0 Å². The summed E-state index contributed by atoms with van der Waals surface area (Å²) in [5, 5.41) is 12.3. The van der Waals surface area contributed by atoms with Crippen molar-refractivity contribution in [2.75, 3.05) is 12.3 Å². The maximum absolute atomic E-state index is 11.2. The molecule has 1 rings (SSSR count). The Morgan fingerprint density at radius 2 is 2.05 bits per heavy atom. The Labute approximate surface area is 119 Å². The van der Waals surface area contributed by atoms with Gasteiger partial charge in [-0.15, -0.1) is 0 Å². The lowest BCUT2D eigenvalue weighted by Gasteiger charge is -2.25. The summed E-state index contributed by atoms with van der Waals surface area (Å²) >= 11 is 1.86. The van der Waals surface area contributed by atoms with E-state index in [1.165, 1.54) is 5.56 Å². The van der Waals surface area contributed by atoms with Crippen LogP contribution in [0.3, 0.4) is 0 Å². The number of aliphatic carboxylic acids is 1. The molecule has 0 saturated carbocycles. The van der Waals surface area contributed by atoms with Crippen LogP contribution in [-0.2, 0) is 10.5 Å². The highest BCUT2D eigenvalue weighted by atomic mass is 32.2. The van der Waals surface area contributed by atoms with Crippen molar-refractivity contribution >= 4 is 17.7 Å². The van der Waals surface area contributed by atoms with E-state index in [9.17, 15) is 9.90 Å². The van der Waals surface area contributed by atoms with Crippen molar-refractivity contribution in [3.8, 4) is 0 Å². The molecule has 1 unspecified atom stereocenters. The summed E-state index contributed by atoms with van der Waals surface area (Å²) in [6.07, 6.45) is 1.57. The number of carbonyl (C=O) groups is 1. The maximum atomic E-state index is 11.2. The molecule has 2 N–H and O–H groups in total. The molecular formula is C15H23NO2S. The molecule has 0 aliphatic carbocycles. The summed E-state index contributed by atoms with van der Waals surface area (Å²) in [6, 6.07) is 10.3. The van der Waals surface area contributed by atoms with Gasteiger partial charge in [0.1, 0.15) is 5.54 Å². The monoisotopic (exact) mass is 281 g/mol. The molecule has 0 aliphatic rings. The van der Waals surface area contributed by atoms with Gasteiger partial charge in [-0.1, -0.05) is 37.3 Å². The molecule has 0 heterocycles. The van der Waals surface area contributed by atoms with Gasteiger partial charge in [-0.2, -0.15) is 11.8 Å². The standard InChI is InChI=1S/C15H23NO2S/c1-3-16-15(2,14(17)18)10-7-11-19-12-13-8-5-4-6-9-13/h4-6,8-9,16H,3,7,10-12H2,1-2H3,(H,17,18). The van der Waals surface area contributed by atoms with Gasteiger partial charge in [0.05, 0.1) is 0 Å². The second-order valence-corrected chi connectivity index (χ2v) is 5.91. The van der Waals surface area contributed by atoms with Gasteiger partial charge in [0, 0.05) is 5.75 Å². The Balaban J connectivity index is 2.24. The second-order valence-electron chi connectivity index (χ2n) is 4.81. The molecule has 0 amide bonds. The molecule has 1 aromatic carbocycles. The van der Waals surface area contributed by atoms with Crippen LogP contribution >= 0.6 is 11.8 Å². The number of rotatable bonds is 9. The van der Waals surface area contributed by atoms with Gasteiger partial charge in [0.15, 0.2) is 0 Å². The van der Waals surface area contributed by atoms with E-state index in [0.29, 0.717) is 13.0 Å². The highest BCUT2D eigenvalue weighted by molar-refractivity contribution is 7.98. The molecule has 4 heteroatoms. The fourth-order valence-electron chi connectivity index (χ4n) is 1.95. The zero-order chi connectivity index (χ0) is 14.1. The second kappa shape index (κ2) is 8.23. The Bertz CT molecular complexity index is 383. The van der Waals surface area contributed by atoms with Crippen molar-refractivity contribution < 1.29 is 9.90 Å². The summed E-state index contributed by atoms with van der Waals surface area (Å²) in [5.41, 5.74) is 0.530. The molecule has 1 aromatic rings. The predicted molar refractivity (Wildman–Crippen MR) is 81.6 cm³/mol. The van der Waals surface area contributed by atoms with E-state index in [2.05, 4.69) is 17.4 Å². The molecule has 0 spiro atoms. The number of carboxylic acid groups (broad SMARTS) is 1. The summed E-state index contributed by atoms with van der Waals surface area (Å²) in [4.78, 5) is 11.2. The quantitative estimate of drug-likeness (QED) is 0.683. The Morgan fingerprint density at radius 1 is 1.37 bits per heavy atom. The third kappa shape index (κ3) is 5.66. The topological polar surface area (TPSA) is 49.3 Å². The smallest absolute Gasteiger partial charge is 0.323 e. The van der Waals surface area contributed by atoms with E-state index in [4.69, 9.17) is 0 Å². The molecule has 0 aliphatic heterocycles. The SMILES string of the molecule is CCNC(C)(CCCSCc1ccccc1)C(=O)O. The third-order valence-corrected chi connectivity index (χ3v) is 4.23. The molecule has 0 aromatic heterocycles. The zero-order valence-corrected chi connectivity index (χ0v) is 12.5. The number of thioether (sulfide) groups is 1. The van der Waals surface area contributed by atoms with Crippen molar-refractivity contribution in [3.05, 3.63) is 35.9 Å². The first-order chi connectivity index (χ1) is 9.08. The fourth-order valence-corrected chi connectivity index (χ4v) is 2.87. The average Bonchev–Trinajstić information content (AvgIpc) is 2.39. The van der Waals surface area contributed by atoms with E-state index in [0.717, 1.165) is 17.9 Å². The van der Waals surface area contributed by atoms with E-state index in [1.807, 2.05) is 36.9 Å². The molecular weight excluding hydrogens is 258 g/mol. The highest BCUT2D eigenvalue weighted by Crippen LogP contribution is 2.18. The van der Waals surface area contributed by atoms with Gasteiger partial charge < -0.3 is 10.4 Å². The largest absolute Gasteiger partial charge is 0.480 e. The number of hydrogen-bond donors (Lipinski definition) is 2. The van der Waals surface area contributed by atoms with E-state index in [-0.39, 0.29) is 0 Å². The van der Waals surface area contributed by atoms with Crippen LogP contribution in [0.15, 0.2) is 30.3 Å². The minimum Gasteiger partial charge on any atom is -0.480 e. The predicted octanol–water partition coefficient (Wildman–Crippen LogP) is 3.15. The third-order valence-electron chi connectivity index (χ3n) is 3.12. The van der Waals surface area contributed by atoms with Crippen molar-refractivity contribution in [3.63, 3.8) is 0 Å². The van der Waals surface area contributed by atoms with Crippen LogP contribution in [-0.4, -0.2) is 28.9 Å². The summed E-state index contributed by atoms with van der Waals surface area (Å²) in [7, 11) is 0. The van der Waals surface area contributed by atoms with Crippen LogP contribution in [0.5, 0.6) is 0 Å². The lowest BCUT2D eigenvalue weighted by atomic mass is 9.96. The molecule has 0 radical (unpaired) electrons. The molecule has 0 fully saturated rings. The van der Waals surface area contributed by atoms with Crippen LogP contribution < -0.4 is 5.32 Å². The Morgan fingerprint density at radius 3 is 2.63 bits per heavy atom. The minimum atomic E-state index is -0.790. The van der Waals surface area contributed by atoms with Gasteiger partial charge in [-0.3, -0.25) is 4.79 Å². The first-order valence-electron chi connectivity index (χ1n) is 6.68. The number of hydrogen-bond acceptors (Lipinski definition) is 3. The van der Waals surface area contributed by atoms with Crippen molar-refractivity contribution in [1.82, 2.24) is 5.32 Å². The minimum absolute atomic E-state index is 0.665. The van der Waals surface area contributed by atoms with Crippen molar-refractivity contribution in [2.24, 2.45) is 0 Å². The summed E-state index contributed by atoms with van der Waals surface area (Å²) in [6.45, 7) is 4.38. The van der Waals surface area contributed by atoms with Crippen LogP contribution in [0.25, 0.3) is 0 Å². The van der Waals surface area contributed by atoms with Crippen molar-refractivity contribution in [2.45, 2.75) is 38.0 Å². The Hall–Kier alpha value is -1.00. The first-order valence-corrected chi connectivity index (χ1v) is 7.84. The van der Waals surface area contributed by atoms with Gasteiger partial charge >= 0.3 is 5.97 Å². The molecule has 106 valence electrons. The van der Waals surface area contributed by atoms with Gasteiger partial charge in [-0.25, -0.2) is 0 Å². The number of benzene rings is 1. The fraction of sp³-hybridized carbons (Fsp3) is 0.533. The van der Waals surface area contributed by atoms with Gasteiger partial charge in [0.25, 0.3) is 0 Å². The van der Waals surface area contributed by atoms with Crippen LogP contribution in [0.4, 0.5) is 0 Å². The number of carboxylic acids is 1. The Kier molecular flexibility index (Phi) is 6.95. The molecule has 0 bridgehead atoms. The van der Waals surface area contributed by atoms with Gasteiger partial charge in [0.2, 0.25) is 0 Å². The van der Waals surface area contributed by atoms with Crippen LogP contribution in [0, 0.1) is 0 Å². The average molecular weight is 281 g/mol. The first kappa shape index (κ1) is 16.1. The lowest BCUT2D eigenvalue weighted by molar-refractivity contribution is -0.144. The van der Waals surface area contributed by atoms with E-state index < -0.39 is 11.5 Å². The molecule has 3 nitrogen and oxygen atoms in total. The lowest BCUT2D eigenvalue weighted by Crippen LogP contribution is -2.49. The normalized spacial score (nSPS) is 14.0. The molecule has 1 atom stereocenters. The van der Waals surface area contributed by atoms with E-state index >= 15 is 0 Å². The highest BCUT2D eigenvalue weighted by Gasteiger charge is 2.30. The molecule has 19 heavy (non-hydrogen) atoms. The summed E-state index contributed by atoms with van der Waals surface area (Å²) < 4.78 is 0. The number of likely N-dealkylation sites (N-methyl/N-ethyl adjacent to an activating group) is 1.